The van der Waals surface area contributed by atoms with E-state index < -0.39 is 0 Å². The van der Waals surface area contributed by atoms with Gasteiger partial charge >= 0.3 is 0 Å². The van der Waals surface area contributed by atoms with Gasteiger partial charge in [-0.15, -0.1) is 0 Å². The highest BCUT2D eigenvalue weighted by atomic mass is 16.3. The Labute approximate surface area is 306 Å². The first-order valence-electron chi connectivity index (χ1n) is 18.1. The first kappa shape index (κ1) is 29.6. The van der Waals surface area contributed by atoms with Crippen molar-refractivity contribution in [3.63, 3.8) is 0 Å². The third-order valence-corrected chi connectivity index (χ3v) is 10.8. The minimum absolute atomic E-state index is 0.869. The number of nitrogens with zero attached hydrogens (tertiary/aromatic N) is 2. The summed E-state index contributed by atoms with van der Waals surface area (Å²) in [6, 6.07) is 69.8. The highest BCUT2D eigenvalue weighted by molar-refractivity contribution is 6.15. The Kier molecular flexibility index (Phi) is 6.55. The fourth-order valence-electron chi connectivity index (χ4n) is 8.29. The molecular weight excluding hydrogens is 645 g/mol. The topological polar surface area (TPSA) is 21.3 Å². The molecule has 3 nitrogen and oxygen atoms in total. The SMILES string of the molecule is c1ccc(-c2ccc(N(c3ccc4c(c3)oc3ccccc34)c3ccc(-n4c5ccccc5c5cc6ccccc6cc54)c4ccccc34)cc2)cc1. The molecule has 0 radical (unpaired) electrons. The van der Waals surface area contributed by atoms with Gasteiger partial charge in [-0.25, -0.2) is 0 Å². The van der Waals surface area contributed by atoms with E-state index in [0.29, 0.717) is 0 Å². The van der Waals surface area contributed by atoms with Gasteiger partial charge in [0.2, 0.25) is 0 Å². The van der Waals surface area contributed by atoms with Crippen LogP contribution in [0.15, 0.2) is 199 Å². The highest BCUT2D eigenvalue weighted by Crippen LogP contribution is 2.44. The summed E-state index contributed by atoms with van der Waals surface area (Å²) < 4.78 is 8.88. The number of benzene rings is 9. The maximum absolute atomic E-state index is 6.43. The molecule has 0 saturated carbocycles. The van der Waals surface area contributed by atoms with Crippen LogP contribution in [0.2, 0.25) is 0 Å². The molecule has 0 aliphatic heterocycles. The van der Waals surface area contributed by atoms with Crippen molar-refractivity contribution in [2.75, 3.05) is 4.90 Å². The van der Waals surface area contributed by atoms with Gasteiger partial charge in [0.1, 0.15) is 11.2 Å². The van der Waals surface area contributed by atoms with Crippen LogP contribution in [0.5, 0.6) is 0 Å². The standard InChI is InChI=1S/C50H32N2O/c1-2-12-33(13-3-1)34-22-24-37(25-23-34)51(38-26-27-43-42-19-9-11-21-49(42)53-50(43)32-38)46-28-29-47(40-17-7-6-16-39(40)46)52-45-20-10-8-18-41(45)44-30-35-14-4-5-15-36(35)31-48(44)52/h1-32H. The van der Waals surface area contributed by atoms with E-state index >= 15 is 0 Å². The number of rotatable bonds is 5. The van der Waals surface area contributed by atoms with Crippen molar-refractivity contribution in [3.8, 4) is 16.8 Å². The molecule has 11 aromatic rings. The highest BCUT2D eigenvalue weighted by Gasteiger charge is 2.21. The Balaban J connectivity index is 1.15. The van der Waals surface area contributed by atoms with Gasteiger partial charge in [0.05, 0.1) is 22.4 Å². The number of furan rings is 1. The Morgan fingerprint density at radius 2 is 0.981 bits per heavy atom. The molecule has 11 rings (SSSR count). The lowest BCUT2D eigenvalue weighted by atomic mass is 10.0. The van der Waals surface area contributed by atoms with Crippen molar-refractivity contribution in [1.82, 2.24) is 4.57 Å². The molecule has 3 heteroatoms. The number of anilines is 3. The van der Waals surface area contributed by atoms with Gasteiger partial charge < -0.3 is 13.9 Å². The summed E-state index contributed by atoms with van der Waals surface area (Å²) in [4.78, 5) is 2.37. The third kappa shape index (κ3) is 4.68. The van der Waals surface area contributed by atoms with Crippen LogP contribution in [0.3, 0.4) is 0 Å². The molecule has 0 N–H and O–H groups in total. The molecule has 0 bridgehead atoms. The van der Waals surface area contributed by atoms with Crippen LogP contribution in [0.25, 0.3) is 82.1 Å². The summed E-state index contributed by atoms with van der Waals surface area (Å²) >= 11 is 0. The molecule has 53 heavy (non-hydrogen) atoms. The van der Waals surface area contributed by atoms with E-state index in [2.05, 4.69) is 191 Å². The molecule has 9 aromatic carbocycles. The van der Waals surface area contributed by atoms with Crippen LogP contribution >= 0.6 is 0 Å². The Bertz CT molecular complexity index is 3170. The smallest absolute Gasteiger partial charge is 0.137 e. The largest absolute Gasteiger partial charge is 0.456 e. The second-order valence-corrected chi connectivity index (χ2v) is 13.7. The number of hydrogen-bond acceptors (Lipinski definition) is 2. The number of para-hydroxylation sites is 2. The van der Waals surface area contributed by atoms with Crippen LogP contribution in [-0.4, -0.2) is 4.57 Å². The number of fused-ring (bicyclic) bond motifs is 8. The summed E-state index contributed by atoms with van der Waals surface area (Å²) in [5.41, 5.74) is 10.9. The van der Waals surface area contributed by atoms with Crippen molar-refractivity contribution in [3.05, 3.63) is 194 Å². The van der Waals surface area contributed by atoms with Gasteiger partial charge in [-0.05, 0) is 82.6 Å². The van der Waals surface area contributed by atoms with Gasteiger partial charge in [-0.2, -0.15) is 0 Å². The Morgan fingerprint density at radius 3 is 1.81 bits per heavy atom. The summed E-state index contributed by atoms with van der Waals surface area (Å²) in [6.45, 7) is 0. The lowest BCUT2D eigenvalue weighted by Gasteiger charge is -2.28. The van der Waals surface area contributed by atoms with E-state index in [-0.39, 0.29) is 0 Å². The molecule has 0 amide bonds. The van der Waals surface area contributed by atoms with Crippen LogP contribution in [-0.2, 0) is 0 Å². The molecule has 0 aliphatic carbocycles. The van der Waals surface area contributed by atoms with E-state index in [9.17, 15) is 0 Å². The zero-order valence-electron chi connectivity index (χ0n) is 28.8. The van der Waals surface area contributed by atoms with Crippen LogP contribution in [0.4, 0.5) is 17.1 Å². The molecule has 2 heterocycles. The Hall–Kier alpha value is -7.10. The predicted molar refractivity (Wildman–Crippen MR) is 223 cm³/mol. The van der Waals surface area contributed by atoms with Crippen molar-refractivity contribution in [2.24, 2.45) is 0 Å². The molecule has 248 valence electrons. The number of hydrogen-bond donors (Lipinski definition) is 0. The minimum Gasteiger partial charge on any atom is -0.456 e. The van der Waals surface area contributed by atoms with Crippen molar-refractivity contribution < 1.29 is 4.42 Å². The molecule has 0 aliphatic rings. The maximum atomic E-state index is 6.43. The molecule has 0 saturated heterocycles. The minimum atomic E-state index is 0.869. The average Bonchev–Trinajstić information content (AvgIpc) is 3.75. The quantitative estimate of drug-likeness (QED) is 0.181. The number of aromatic nitrogens is 1. The van der Waals surface area contributed by atoms with Crippen molar-refractivity contribution >= 4 is 82.4 Å². The van der Waals surface area contributed by atoms with E-state index in [1.54, 1.807) is 0 Å². The lowest BCUT2D eigenvalue weighted by molar-refractivity contribution is 0.669. The Morgan fingerprint density at radius 1 is 0.358 bits per heavy atom. The molecular formula is C50H32N2O. The maximum Gasteiger partial charge on any atom is 0.137 e. The van der Waals surface area contributed by atoms with Crippen LogP contribution in [0, 0.1) is 0 Å². The second-order valence-electron chi connectivity index (χ2n) is 13.7. The molecule has 0 atom stereocenters. The molecule has 2 aromatic heterocycles. The molecule has 0 fully saturated rings. The van der Waals surface area contributed by atoms with E-state index in [4.69, 9.17) is 4.42 Å². The fourth-order valence-corrected chi connectivity index (χ4v) is 8.29. The van der Waals surface area contributed by atoms with Crippen molar-refractivity contribution in [2.45, 2.75) is 0 Å². The van der Waals surface area contributed by atoms with E-state index in [1.807, 2.05) is 12.1 Å². The summed E-state index contributed by atoms with van der Waals surface area (Å²) in [6.07, 6.45) is 0. The normalized spacial score (nSPS) is 11.8. The fraction of sp³-hybridized carbons (Fsp3) is 0. The van der Waals surface area contributed by atoms with E-state index in [1.165, 1.54) is 49.1 Å². The van der Waals surface area contributed by atoms with Gasteiger partial charge in [0.25, 0.3) is 0 Å². The van der Waals surface area contributed by atoms with E-state index in [0.717, 1.165) is 50.1 Å². The zero-order valence-corrected chi connectivity index (χ0v) is 28.8. The average molecular weight is 677 g/mol. The van der Waals surface area contributed by atoms with Gasteiger partial charge in [-0.3, -0.25) is 0 Å². The molecule has 0 spiro atoms. The predicted octanol–water partition coefficient (Wildman–Crippen LogP) is 14.1. The summed E-state index contributed by atoms with van der Waals surface area (Å²) in [5.74, 6) is 0. The molecule has 0 unspecified atom stereocenters. The van der Waals surface area contributed by atoms with Gasteiger partial charge in [-0.1, -0.05) is 127 Å². The van der Waals surface area contributed by atoms with Crippen LogP contribution in [0.1, 0.15) is 0 Å². The third-order valence-electron chi connectivity index (χ3n) is 10.8. The second kappa shape index (κ2) is 11.7. The van der Waals surface area contributed by atoms with Crippen molar-refractivity contribution in [1.29, 1.82) is 0 Å². The lowest BCUT2D eigenvalue weighted by Crippen LogP contribution is -2.11. The summed E-state index contributed by atoms with van der Waals surface area (Å²) in [7, 11) is 0. The monoisotopic (exact) mass is 676 g/mol. The zero-order chi connectivity index (χ0) is 34.9. The first-order valence-corrected chi connectivity index (χ1v) is 18.1. The van der Waals surface area contributed by atoms with Gasteiger partial charge in [0, 0.05) is 49.8 Å². The van der Waals surface area contributed by atoms with Gasteiger partial charge in [0.15, 0.2) is 0 Å². The van der Waals surface area contributed by atoms with Crippen LogP contribution < -0.4 is 4.90 Å². The summed E-state index contributed by atoms with van der Waals surface area (Å²) in [5, 5.41) is 9.57. The first-order chi connectivity index (χ1) is 26.3.